The van der Waals surface area contributed by atoms with E-state index < -0.39 is 0 Å². The molecule has 86 valence electrons. The molecule has 0 saturated carbocycles. The van der Waals surface area contributed by atoms with E-state index in [1.807, 2.05) is 24.3 Å². The summed E-state index contributed by atoms with van der Waals surface area (Å²) >= 11 is 0. The summed E-state index contributed by atoms with van der Waals surface area (Å²) in [5.74, 6) is 0. The van der Waals surface area contributed by atoms with Crippen LogP contribution >= 0.6 is 0 Å². The second-order valence-electron chi connectivity index (χ2n) is 4.10. The van der Waals surface area contributed by atoms with Gasteiger partial charge < -0.3 is 5.32 Å². The van der Waals surface area contributed by atoms with Crippen molar-refractivity contribution in [3.8, 4) is 0 Å². The average Bonchev–Trinajstić information content (AvgIpc) is 2.40. The fraction of sp³-hybridized carbons (Fsp3) is 0.125. The smallest absolute Gasteiger partial charge is 0.0485 e. The Hall–Kier alpha value is -2.02. The topological polar surface area (TPSA) is 12.0 Å². The van der Waals surface area contributed by atoms with E-state index in [0.717, 1.165) is 11.3 Å². The molecule has 0 aliphatic rings. The molecular weight excluding hydrogens is 206 g/mol. The lowest BCUT2D eigenvalue weighted by Crippen LogP contribution is -2.06. The maximum Gasteiger partial charge on any atom is 0.0485 e. The summed E-state index contributed by atoms with van der Waals surface area (Å²) < 4.78 is 0. The zero-order chi connectivity index (χ0) is 12.1. The van der Waals surface area contributed by atoms with Crippen LogP contribution in [0.5, 0.6) is 0 Å². The van der Waals surface area contributed by atoms with E-state index in [1.54, 1.807) is 0 Å². The molecule has 1 N–H and O–H groups in total. The molecule has 17 heavy (non-hydrogen) atoms. The normalized spacial score (nSPS) is 11.8. The van der Waals surface area contributed by atoms with Gasteiger partial charge in [-0.2, -0.15) is 0 Å². The first kappa shape index (κ1) is 11.5. The van der Waals surface area contributed by atoms with Crippen LogP contribution in [-0.4, -0.2) is 0 Å². The summed E-state index contributed by atoms with van der Waals surface area (Å²) in [7, 11) is 0. The van der Waals surface area contributed by atoms with Gasteiger partial charge in [-0.1, -0.05) is 55.1 Å². The van der Waals surface area contributed by atoms with Gasteiger partial charge in [-0.3, -0.25) is 0 Å². The summed E-state index contributed by atoms with van der Waals surface area (Å²) in [5.41, 5.74) is 3.58. The van der Waals surface area contributed by atoms with Gasteiger partial charge in [0.25, 0.3) is 0 Å². The van der Waals surface area contributed by atoms with Gasteiger partial charge in [0.15, 0.2) is 0 Å². The first-order valence-electron chi connectivity index (χ1n) is 5.83. The number of hydrogen-bond acceptors (Lipinski definition) is 1. The zero-order valence-electron chi connectivity index (χ0n) is 10.1. The standard InChI is InChI=1S/C16H17N/c1-3-14-9-11-15(12-10-14)13(2)17-16-7-5-4-6-8-16/h3-13,17H,1H2,2H3. The number of rotatable bonds is 4. The van der Waals surface area contributed by atoms with Crippen molar-refractivity contribution in [3.05, 3.63) is 72.3 Å². The summed E-state index contributed by atoms with van der Waals surface area (Å²) in [6, 6.07) is 19.0. The van der Waals surface area contributed by atoms with Gasteiger partial charge in [-0.15, -0.1) is 0 Å². The summed E-state index contributed by atoms with van der Waals surface area (Å²) in [5, 5.41) is 3.47. The SMILES string of the molecule is C=Cc1ccc(C(C)Nc2ccccc2)cc1. The second-order valence-corrected chi connectivity index (χ2v) is 4.10. The van der Waals surface area contributed by atoms with Crippen LogP contribution in [0.2, 0.25) is 0 Å². The lowest BCUT2D eigenvalue weighted by molar-refractivity contribution is 0.885. The van der Waals surface area contributed by atoms with Crippen LogP contribution in [0.15, 0.2) is 61.2 Å². The number of nitrogens with one attached hydrogen (secondary N) is 1. The highest BCUT2D eigenvalue weighted by molar-refractivity contribution is 5.49. The Kier molecular flexibility index (Phi) is 3.61. The minimum absolute atomic E-state index is 0.302. The highest BCUT2D eigenvalue weighted by atomic mass is 14.9. The molecular formula is C16H17N. The van der Waals surface area contributed by atoms with E-state index in [1.165, 1.54) is 5.56 Å². The monoisotopic (exact) mass is 223 g/mol. The van der Waals surface area contributed by atoms with Crippen molar-refractivity contribution in [1.82, 2.24) is 0 Å². The van der Waals surface area contributed by atoms with E-state index in [-0.39, 0.29) is 0 Å². The Balaban J connectivity index is 2.09. The molecule has 0 bridgehead atoms. The Morgan fingerprint density at radius 3 is 2.24 bits per heavy atom. The van der Waals surface area contributed by atoms with Gasteiger partial charge in [-0.05, 0) is 30.2 Å². The minimum Gasteiger partial charge on any atom is -0.379 e. The van der Waals surface area contributed by atoms with Crippen molar-refractivity contribution in [1.29, 1.82) is 0 Å². The van der Waals surface area contributed by atoms with Crippen molar-refractivity contribution >= 4 is 11.8 Å². The number of benzene rings is 2. The van der Waals surface area contributed by atoms with Crippen LogP contribution in [0.3, 0.4) is 0 Å². The van der Waals surface area contributed by atoms with Gasteiger partial charge >= 0.3 is 0 Å². The molecule has 1 atom stereocenters. The van der Waals surface area contributed by atoms with E-state index >= 15 is 0 Å². The van der Waals surface area contributed by atoms with Crippen LogP contribution in [0.25, 0.3) is 6.08 Å². The highest BCUT2D eigenvalue weighted by Gasteiger charge is 2.04. The van der Waals surface area contributed by atoms with Crippen molar-refractivity contribution in [3.63, 3.8) is 0 Å². The fourth-order valence-corrected chi connectivity index (χ4v) is 1.79. The van der Waals surface area contributed by atoms with Gasteiger partial charge in [-0.25, -0.2) is 0 Å². The third-order valence-corrected chi connectivity index (χ3v) is 2.83. The largest absolute Gasteiger partial charge is 0.379 e. The molecule has 1 unspecified atom stereocenters. The van der Waals surface area contributed by atoms with Gasteiger partial charge in [0.05, 0.1) is 0 Å². The Morgan fingerprint density at radius 1 is 1.00 bits per heavy atom. The number of hydrogen-bond donors (Lipinski definition) is 1. The molecule has 2 rings (SSSR count). The second kappa shape index (κ2) is 5.35. The van der Waals surface area contributed by atoms with E-state index in [4.69, 9.17) is 0 Å². The van der Waals surface area contributed by atoms with Crippen LogP contribution in [0, 0.1) is 0 Å². The molecule has 0 aromatic heterocycles. The Bertz CT molecular complexity index is 471. The summed E-state index contributed by atoms with van der Waals surface area (Å²) in [6.45, 7) is 5.92. The minimum atomic E-state index is 0.302. The van der Waals surface area contributed by atoms with E-state index in [9.17, 15) is 0 Å². The summed E-state index contributed by atoms with van der Waals surface area (Å²) in [4.78, 5) is 0. The number of para-hydroxylation sites is 1. The first-order chi connectivity index (χ1) is 8.29. The molecule has 1 nitrogen and oxygen atoms in total. The van der Waals surface area contributed by atoms with Crippen LogP contribution in [0.4, 0.5) is 5.69 Å². The highest BCUT2D eigenvalue weighted by Crippen LogP contribution is 2.19. The Morgan fingerprint density at radius 2 is 1.65 bits per heavy atom. The van der Waals surface area contributed by atoms with Crippen molar-refractivity contribution in [2.45, 2.75) is 13.0 Å². The maximum absolute atomic E-state index is 3.76. The van der Waals surface area contributed by atoms with Crippen LogP contribution in [0.1, 0.15) is 24.1 Å². The molecule has 0 fully saturated rings. The molecule has 0 radical (unpaired) electrons. The summed E-state index contributed by atoms with van der Waals surface area (Å²) in [6.07, 6.45) is 1.86. The van der Waals surface area contributed by atoms with Gasteiger partial charge in [0.1, 0.15) is 0 Å². The fourth-order valence-electron chi connectivity index (χ4n) is 1.79. The molecule has 0 amide bonds. The third-order valence-electron chi connectivity index (χ3n) is 2.83. The molecule has 0 spiro atoms. The molecule has 0 heterocycles. The quantitative estimate of drug-likeness (QED) is 0.804. The van der Waals surface area contributed by atoms with Gasteiger partial charge in [0, 0.05) is 11.7 Å². The average molecular weight is 223 g/mol. The van der Waals surface area contributed by atoms with Gasteiger partial charge in [0.2, 0.25) is 0 Å². The predicted octanol–water partition coefficient (Wildman–Crippen LogP) is 4.50. The van der Waals surface area contributed by atoms with Crippen molar-refractivity contribution in [2.75, 3.05) is 5.32 Å². The van der Waals surface area contributed by atoms with E-state index in [0.29, 0.717) is 6.04 Å². The van der Waals surface area contributed by atoms with Crippen LogP contribution in [-0.2, 0) is 0 Å². The van der Waals surface area contributed by atoms with Crippen LogP contribution < -0.4 is 5.32 Å². The molecule has 0 saturated heterocycles. The Labute approximate surface area is 103 Å². The van der Waals surface area contributed by atoms with E-state index in [2.05, 4.69) is 55.2 Å². The van der Waals surface area contributed by atoms with Crippen molar-refractivity contribution < 1.29 is 0 Å². The molecule has 2 aromatic carbocycles. The maximum atomic E-state index is 3.76. The lowest BCUT2D eigenvalue weighted by atomic mass is 10.1. The third kappa shape index (κ3) is 2.97. The molecule has 0 aliphatic carbocycles. The molecule has 0 aliphatic heterocycles. The zero-order valence-corrected chi connectivity index (χ0v) is 10.1. The predicted molar refractivity (Wildman–Crippen MR) is 75.0 cm³/mol. The first-order valence-corrected chi connectivity index (χ1v) is 5.83. The molecule has 2 aromatic rings. The lowest BCUT2D eigenvalue weighted by Gasteiger charge is -2.15. The van der Waals surface area contributed by atoms with Crippen molar-refractivity contribution in [2.24, 2.45) is 0 Å². The molecule has 1 heteroatoms. The number of anilines is 1.